The van der Waals surface area contributed by atoms with Crippen LogP contribution in [0.5, 0.6) is 0 Å². The zero-order valence-electron chi connectivity index (χ0n) is 13.5. The number of nitrogens with one attached hydrogen (secondary N) is 2. The minimum Gasteiger partial charge on any atom is -0.355 e. The molecule has 0 saturated carbocycles. The fraction of sp³-hybridized carbons (Fsp3) is 0.333. The van der Waals surface area contributed by atoms with Gasteiger partial charge in [-0.1, -0.05) is 0 Å². The number of hydrogen-bond donors (Lipinski definition) is 2. The summed E-state index contributed by atoms with van der Waals surface area (Å²) in [7, 11) is 1.47. The lowest BCUT2D eigenvalue weighted by molar-refractivity contribution is -0.383. The summed E-state index contributed by atoms with van der Waals surface area (Å²) in [4.78, 5) is 22.3. The highest BCUT2D eigenvalue weighted by molar-refractivity contribution is 5.95. The Morgan fingerprint density at radius 3 is 2.57 bits per heavy atom. The molecule has 0 spiro atoms. The predicted octanol–water partition coefficient (Wildman–Crippen LogP) is 2.65. The Balaban J connectivity index is 2.34. The van der Waals surface area contributed by atoms with E-state index in [0.29, 0.717) is 11.4 Å². The molecule has 2 N–H and O–H groups in total. The van der Waals surface area contributed by atoms with Gasteiger partial charge < -0.3 is 10.6 Å². The topological polar surface area (TPSA) is 102 Å². The predicted molar refractivity (Wildman–Crippen MR) is 87.0 cm³/mol. The number of carbonyl (C=O) groups is 1. The first-order chi connectivity index (χ1) is 10.7. The van der Waals surface area contributed by atoms with Crippen LogP contribution in [-0.4, -0.2) is 27.7 Å². The highest BCUT2D eigenvalue weighted by Crippen LogP contribution is 2.29. The average Bonchev–Trinajstić information content (AvgIpc) is 2.95. The second-order valence-corrected chi connectivity index (χ2v) is 6.04. The Bertz CT molecular complexity index is 746. The molecule has 0 aliphatic rings. The Morgan fingerprint density at radius 2 is 2.04 bits per heavy atom. The van der Waals surface area contributed by atoms with Crippen LogP contribution in [0.15, 0.2) is 30.6 Å². The summed E-state index contributed by atoms with van der Waals surface area (Å²) >= 11 is 0. The summed E-state index contributed by atoms with van der Waals surface area (Å²) in [5.74, 6) is -0.375. The lowest BCUT2D eigenvalue weighted by atomic mass is 10.1. The molecule has 0 aliphatic carbocycles. The largest absolute Gasteiger partial charge is 0.355 e. The van der Waals surface area contributed by atoms with E-state index in [1.165, 1.54) is 25.2 Å². The fourth-order valence-electron chi connectivity index (χ4n) is 1.98. The van der Waals surface area contributed by atoms with Crippen molar-refractivity contribution in [3.05, 3.63) is 46.3 Å². The second kappa shape index (κ2) is 6.07. The lowest BCUT2D eigenvalue weighted by Crippen LogP contribution is -2.21. The van der Waals surface area contributed by atoms with Crippen LogP contribution in [0.1, 0.15) is 31.1 Å². The maximum absolute atomic E-state index is 11.6. The Labute approximate surface area is 133 Å². The van der Waals surface area contributed by atoms with Gasteiger partial charge in [-0.15, -0.1) is 0 Å². The zero-order valence-corrected chi connectivity index (χ0v) is 13.5. The number of nitrogens with zero attached hydrogens (tertiary/aromatic N) is 3. The van der Waals surface area contributed by atoms with E-state index in [9.17, 15) is 14.9 Å². The van der Waals surface area contributed by atoms with Crippen molar-refractivity contribution in [3.8, 4) is 0 Å². The molecular formula is C15H19N5O3. The number of hydrogen-bond acceptors (Lipinski definition) is 5. The van der Waals surface area contributed by atoms with Gasteiger partial charge in [0, 0.05) is 24.9 Å². The van der Waals surface area contributed by atoms with Gasteiger partial charge >= 0.3 is 0 Å². The molecule has 23 heavy (non-hydrogen) atoms. The molecule has 0 bridgehead atoms. The van der Waals surface area contributed by atoms with Crippen molar-refractivity contribution in [2.45, 2.75) is 26.3 Å². The van der Waals surface area contributed by atoms with Gasteiger partial charge in [-0.05, 0) is 32.9 Å². The normalized spacial score (nSPS) is 11.1. The summed E-state index contributed by atoms with van der Waals surface area (Å²) in [5.41, 5.74) is 0.811. The standard InChI is InChI=1S/C15H19N5O3/c1-15(2,3)19-9-11(8-17-19)18-12-6-5-10(14(21)16-4)7-13(12)20(22)23/h5-9,18H,1-4H3,(H,16,21). The molecule has 1 aromatic carbocycles. The van der Waals surface area contributed by atoms with Crippen LogP contribution in [-0.2, 0) is 5.54 Å². The second-order valence-electron chi connectivity index (χ2n) is 6.04. The van der Waals surface area contributed by atoms with Crippen LogP contribution in [0, 0.1) is 10.1 Å². The third-order valence-corrected chi connectivity index (χ3v) is 3.23. The number of benzene rings is 1. The molecule has 0 unspecified atom stereocenters. The smallest absolute Gasteiger partial charge is 0.293 e. The highest BCUT2D eigenvalue weighted by atomic mass is 16.6. The Hall–Kier alpha value is -2.90. The summed E-state index contributed by atoms with van der Waals surface area (Å²) in [6, 6.07) is 4.29. The minimum absolute atomic E-state index is 0.172. The molecule has 8 nitrogen and oxygen atoms in total. The van der Waals surface area contributed by atoms with Gasteiger partial charge in [0.05, 0.1) is 22.3 Å². The lowest BCUT2D eigenvalue weighted by Gasteiger charge is -2.18. The van der Waals surface area contributed by atoms with Crippen LogP contribution in [0.25, 0.3) is 0 Å². The first-order valence-corrected chi connectivity index (χ1v) is 7.05. The van der Waals surface area contributed by atoms with E-state index >= 15 is 0 Å². The minimum atomic E-state index is -0.525. The average molecular weight is 317 g/mol. The van der Waals surface area contributed by atoms with Gasteiger partial charge in [0.1, 0.15) is 5.69 Å². The fourth-order valence-corrected chi connectivity index (χ4v) is 1.98. The van der Waals surface area contributed by atoms with Crippen LogP contribution in [0.4, 0.5) is 17.1 Å². The van der Waals surface area contributed by atoms with Gasteiger partial charge in [-0.25, -0.2) is 0 Å². The number of amides is 1. The number of nitro benzene ring substituents is 1. The Morgan fingerprint density at radius 1 is 1.35 bits per heavy atom. The molecule has 1 amide bonds. The van der Waals surface area contributed by atoms with Crippen LogP contribution >= 0.6 is 0 Å². The molecule has 0 radical (unpaired) electrons. The van der Waals surface area contributed by atoms with Gasteiger partial charge in [-0.2, -0.15) is 5.10 Å². The van der Waals surface area contributed by atoms with E-state index < -0.39 is 4.92 Å². The molecule has 0 fully saturated rings. The van der Waals surface area contributed by atoms with Crippen molar-refractivity contribution in [3.63, 3.8) is 0 Å². The number of aromatic nitrogens is 2. The van der Waals surface area contributed by atoms with Crippen molar-refractivity contribution in [2.24, 2.45) is 0 Å². The quantitative estimate of drug-likeness (QED) is 0.666. The van der Waals surface area contributed by atoms with Crippen molar-refractivity contribution in [1.29, 1.82) is 0 Å². The van der Waals surface area contributed by atoms with Gasteiger partial charge in [-0.3, -0.25) is 19.6 Å². The van der Waals surface area contributed by atoms with E-state index in [1.54, 1.807) is 17.1 Å². The number of rotatable bonds is 4. The van der Waals surface area contributed by atoms with Crippen molar-refractivity contribution < 1.29 is 9.72 Å². The SMILES string of the molecule is CNC(=O)c1ccc(Nc2cnn(C(C)(C)C)c2)c([N+](=O)[O-])c1. The first kappa shape index (κ1) is 16.5. The first-order valence-electron chi connectivity index (χ1n) is 7.05. The molecule has 1 aromatic heterocycles. The molecule has 8 heteroatoms. The van der Waals surface area contributed by atoms with E-state index in [2.05, 4.69) is 15.7 Å². The van der Waals surface area contributed by atoms with Crippen molar-refractivity contribution in [1.82, 2.24) is 15.1 Å². The van der Waals surface area contributed by atoms with Crippen LogP contribution < -0.4 is 10.6 Å². The summed E-state index contributed by atoms with van der Waals surface area (Å²) < 4.78 is 1.76. The molecule has 122 valence electrons. The van der Waals surface area contributed by atoms with E-state index in [4.69, 9.17) is 0 Å². The van der Waals surface area contributed by atoms with E-state index in [0.717, 1.165) is 0 Å². The third-order valence-electron chi connectivity index (χ3n) is 3.23. The summed E-state index contributed by atoms with van der Waals surface area (Å²) in [6.07, 6.45) is 3.37. The Kier molecular flexibility index (Phi) is 4.35. The molecule has 2 aromatic rings. The van der Waals surface area contributed by atoms with E-state index in [1.807, 2.05) is 20.8 Å². The van der Waals surface area contributed by atoms with Gasteiger partial charge in [0.25, 0.3) is 11.6 Å². The number of nitro groups is 1. The summed E-state index contributed by atoms with van der Waals surface area (Å²) in [6.45, 7) is 6.01. The molecule has 0 atom stereocenters. The van der Waals surface area contributed by atoms with E-state index in [-0.39, 0.29) is 22.7 Å². The zero-order chi connectivity index (χ0) is 17.2. The molecule has 2 rings (SSSR count). The number of carbonyl (C=O) groups excluding carboxylic acids is 1. The third kappa shape index (κ3) is 3.65. The van der Waals surface area contributed by atoms with Gasteiger partial charge in [0.15, 0.2) is 0 Å². The molecule has 1 heterocycles. The maximum atomic E-state index is 11.6. The highest BCUT2D eigenvalue weighted by Gasteiger charge is 2.19. The van der Waals surface area contributed by atoms with Crippen LogP contribution in [0.2, 0.25) is 0 Å². The maximum Gasteiger partial charge on any atom is 0.293 e. The van der Waals surface area contributed by atoms with Gasteiger partial charge in [0.2, 0.25) is 0 Å². The van der Waals surface area contributed by atoms with Crippen molar-refractivity contribution in [2.75, 3.05) is 12.4 Å². The molecule has 0 saturated heterocycles. The van der Waals surface area contributed by atoms with Crippen LogP contribution in [0.3, 0.4) is 0 Å². The molecular weight excluding hydrogens is 298 g/mol. The monoisotopic (exact) mass is 317 g/mol. The number of anilines is 2. The molecule has 0 aliphatic heterocycles. The summed E-state index contributed by atoms with van der Waals surface area (Å²) in [5, 5.41) is 20.9. The van der Waals surface area contributed by atoms with Crippen molar-refractivity contribution >= 4 is 23.0 Å².